The number of halogens is 3. The fraction of sp³-hybridized carbons (Fsp3) is 0.471. The summed E-state index contributed by atoms with van der Waals surface area (Å²) in [5.74, 6) is -0.705. The normalized spacial score (nSPS) is 20.4. The number of fused-ring (bicyclic) bond motifs is 3. The number of carbonyl (C=O) groups is 1. The van der Waals surface area contributed by atoms with Crippen molar-refractivity contribution in [2.75, 3.05) is 13.7 Å². The molecule has 2 heterocycles. The van der Waals surface area contributed by atoms with E-state index in [0.29, 0.717) is 30.7 Å². The van der Waals surface area contributed by atoms with Crippen LogP contribution in [0.5, 0.6) is 5.75 Å². The molecular formula is C17H18F3NO4. The van der Waals surface area contributed by atoms with Crippen LogP contribution < -0.4 is 4.74 Å². The lowest BCUT2D eigenvalue weighted by atomic mass is 9.86. The van der Waals surface area contributed by atoms with E-state index in [4.69, 9.17) is 9.47 Å². The lowest BCUT2D eigenvalue weighted by Gasteiger charge is -2.35. The van der Waals surface area contributed by atoms with Gasteiger partial charge in [-0.05, 0) is 30.5 Å². The van der Waals surface area contributed by atoms with Gasteiger partial charge >= 0.3 is 12.3 Å². The molecule has 0 aliphatic carbocycles. The van der Waals surface area contributed by atoms with Gasteiger partial charge < -0.3 is 19.2 Å². The molecule has 1 aromatic heterocycles. The molecule has 0 bridgehead atoms. The molecule has 8 heteroatoms. The van der Waals surface area contributed by atoms with Crippen molar-refractivity contribution in [3.05, 3.63) is 29.5 Å². The number of benzene rings is 1. The minimum absolute atomic E-state index is 0.0335. The number of hydrogen-bond acceptors (Lipinski definition) is 4. The minimum atomic E-state index is -4.75. The fourth-order valence-corrected chi connectivity index (χ4v) is 3.35. The van der Waals surface area contributed by atoms with Crippen molar-refractivity contribution < 1.29 is 32.2 Å². The van der Waals surface area contributed by atoms with Crippen LogP contribution in [0.4, 0.5) is 13.2 Å². The van der Waals surface area contributed by atoms with Gasteiger partial charge in [-0.1, -0.05) is 6.92 Å². The SMILES string of the molecule is CCC1(CC(=O)OC)OCCc2c1[nH]c1cc(OC(F)(F)F)ccc21. The van der Waals surface area contributed by atoms with E-state index in [1.165, 1.54) is 19.2 Å². The molecule has 0 saturated carbocycles. The van der Waals surface area contributed by atoms with E-state index in [0.717, 1.165) is 10.9 Å². The van der Waals surface area contributed by atoms with Gasteiger partial charge in [0.15, 0.2) is 0 Å². The maximum absolute atomic E-state index is 12.4. The average Bonchev–Trinajstić information content (AvgIpc) is 2.92. The van der Waals surface area contributed by atoms with Crippen LogP contribution in [-0.4, -0.2) is 31.0 Å². The predicted octanol–water partition coefficient (Wildman–Crippen LogP) is 3.81. The van der Waals surface area contributed by atoms with E-state index in [9.17, 15) is 18.0 Å². The third kappa shape index (κ3) is 3.30. The van der Waals surface area contributed by atoms with Crippen molar-refractivity contribution in [1.82, 2.24) is 4.98 Å². The first-order valence-electron chi connectivity index (χ1n) is 7.89. The van der Waals surface area contributed by atoms with E-state index in [1.54, 1.807) is 6.07 Å². The lowest BCUT2D eigenvalue weighted by molar-refractivity contribution is -0.274. The fourth-order valence-electron chi connectivity index (χ4n) is 3.35. The van der Waals surface area contributed by atoms with Crippen molar-refractivity contribution in [3.63, 3.8) is 0 Å². The van der Waals surface area contributed by atoms with Crippen LogP contribution in [0.15, 0.2) is 18.2 Å². The van der Waals surface area contributed by atoms with Crippen molar-refractivity contribution in [2.24, 2.45) is 0 Å². The highest BCUT2D eigenvalue weighted by Gasteiger charge is 2.41. The molecule has 0 spiro atoms. The van der Waals surface area contributed by atoms with E-state index in [1.807, 2.05) is 6.92 Å². The van der Waals surface area contributed by atoms with Gasteiger partial charge in [-0.15, -0.1) is 13.2 Å². The largest absolute Gasteiger partial charge is 0.573 e. The second kappa shape index (κ2) is 6.25. The predicted molar refractivity (Wildman–Crippen MR) is 83.2 cm³/mol. The summed E-state index contributed by atoms with van der Waals surface area (Å²) in [4.78, 5) is 15.0. The maximum Gasteiger partial charge on any atom is 0.573 e. The minimum Gasteiger partial charge on any atom is -0.469 e. The number of esters is 1. The molecule has 1 aliphatic rings. The van der Waals surface area contributed by atoms with Crippen molar-refractivity contribution in [2.45, 2.75) is 38.1 Å². The summed E-state index contributed by atoms with van der Waals surface area (Å²) in [6.45, 7) is 2.31. The third-order valence-electron chi connectivity index (χ3n) is 4.53. The molecule has 1 atom stereocenters. The zero-order chi connectivity index (χ0) is 18.2. The van der Waals surface area contributed by atoms with E-state index in [-0.39, 0.29) is 12.2 Å². The van der Waals surface area contributed by atoms with Gasteiger partial charge in [-0.25, -0.2) is 0 Å². The van der Waals surface area contributed by atoms with Crippen LogP contribution in [0.1, 0.15) is 31.0 Å². The molecule has 0 fully saturated rings. The Morgan fingerprint density at radius 3 is 2.80 bits per heavy atom. The van der Waals surface area contributed by atoms with Gasteiger partial charge in [0.25, 0.3) is 0 Å². The molecule has 1 unspecified atom stereocenters. The summed E-state index contributed by atoms with van der Waals surface area (Å²) < 4.78 is 51.9. The van der Waals surface area contributed by atoms with Crippen LogP contribution in [-0.2, 0) is 26.3 Å². The van der Waals surface area contributed by atoms with Crippen molar-refractivity contribution >= 4 is 16.9 Å². The maximum atomic E-state index is 12.4. The molecule has 0 amide bonds. The molecule has 2 aromatic rings. The van der Waals surface area contributed by atoms with E-state index >= 15 is 0 Å². The topological polar surface area (TPSA) is 60.5 Å². The van der Waals surface area contributed by atoms with Gasteiger partial charge in [-0.3, -0.25) is 4.79 Å². The number of hydrogen-bond donors (Lipinski definition) is 1. The number of methoxy groups -OCH3 is 1. The van der Waals surface area contributed by atoms with Crippen LogP contribution in [0.2, 0.25) is 0 Å². The second-order valence-electron chi connectivity index (χ2n) is 5.93. The zero-order valence-corrected chi connectivity index (χ0v) is 13.8. The molecule has 0 radical (unpaired) electrons. The number of alkyl halides is 3. The molecule has 3 rings (SSSR count). The molecule has 1 aliphatic heterocycles. The number of aromatic amines is 1. The number of rotatable bonds is 4. The molecule has 1 N–H and O–H groups in total. The Kier molecular flexibility index (Phi) is 4.40. The number of H-pyrrole nitrogens is 1. The summed E-state index contributed by atoms with van der Waals surface area (Å²) in [7, 11) is 1.31. The Morgan fingerprint density at radius 1 is 1.40 bits per heavy atom. The first kappa shape index (κ1) is 17.6. The average molecular weight is 357 g/mol. The molecule has 5 nitrogen and oxygen atoms in total. The van der Waals surface area contributed by atoms with E-state index < -0.39 is 17.9 Å². The van der Waals surface area contributed by atoms with Gasteiger partial charge in [0.2, 0.25) is 0 Å². The van der Waals surface area contributed by atoms with Gasteiger partial charge in [-0.2, -0.15) is 0 Å². The standard InChI is InChI=1S/C17H18F3NO4/c1-3-16(9-14(22)23-2)15-12(6-7-24-16)11-5-4-10(8-13(11)21-15)25-17(18,19)20/h4-5,8,21H,3,6-7,9H2,1-2H3. The van der Waals surface area contributed by atoms with E-state index in [2.05, 4.69) is 9.72 Å². The third-order valence-corrected chi connectivity index (χ3v) is 4.53. The summed E-state index contributed by atoms with van der Waals surface area (Å²) in [5.41, 5.74) is 1.31. The van der Waals surface area contributed by atoms with Crippen LogP contribution in [0, 0.1) is 0 Å². The van der Waals surface area contributed by atoms with Crippen LogP contribution >= 0.6 is 0 Å². The highest BCUT2D eigenvalue weighted by Crippen LogP contribution is 2.42. The Labute approximate surface area is 142 Å². The molecule has 25 heavy (non-hydrogen) atoms. The molecule has 136 valence electrons. The molecule has 0 saturated heterocycles. The van der Waals surface area contributed by atoms with Gasteiger partial charge in [0.1, 0.15) is 11.4 Å². The van der Waals surface area contributed by atoms with Gasteiger partial charge in [0.05, 0.1) is 25.8 Å². The highest BCUT2D eigenvalue weighted by atomic mass is 19.4. The Bertz CT molecular complexity index is 799. The summed E-state index contributed by atoms with van der Waals surface area (Å²) >= 11 is 0. The van der Waals surface area contributed by atoms with Crippen molar-refractivity contribution in [1.29, 1.82) is 0 Å². The monoisotopic (exact) mass is 357 g/mol. The summed E-state index contributed by atoms with van der Waals surface area (Å²) in [6.07, 6.45) is -3.58. The number of aromatic nitrogens is 1. The smallest absolute Gasteiger partial charge is 0.469 e. The quantitative estimate of drug-likeness (QED) is 0.846. The summed E-state index contributed by atoms with van der Waals surface area (Å²) in [6, 6.07) is 4.18. The lowest BCUT2D eigenvalue weighted by Crippen LogP contribution is -2.37. The Morgan fingerprint density at radius 2 is 2.16 bits per heavy atom. The van der Waals surface area contributed by atoms with Crippen molar-refractivity contribution in [3.8, 4) is 5.75 Å². The molecule has 1 aromatic carbocycles. The summed E-state index contributed by atoms with van der Waals surface area (Å²) in [5, 5.41) is 0.801. The Hall–Kier alpha value is -2.22. The van der Waals surface area contributed by atoms with Crippen LogP contribution in [0.3, 0.4) is 0 Å². The Balaban J connectivity index is 2.07. The molecular weight excluding hydrogens is 339 g/mol. The number of nitrogens with one attached hydrogen (secondary N) is 1. The van der Waals surface area contributed by atoms with Crippen LogP contribution in [0.25, 0.3) is 10.9 Å². The zero-order valence-electron chi connectivity index (χ0n) is 13.8. The number of ether oxygens (including phenoxy) is 3. The second-order valence-corrected chi connectivity index (χ2v) is 5.93. The number of carbonyl (C=O) groups excluding carboxylic acids is 1. The first-order valence-corrected chi connectivity index (χ1v) is 7.89. The highest BCUT2D eigenvalue weighted by molar-refractivity contribution is 5.87. The first-order chi connectivity index (χ1) is 11.8. The van der Waals surface area contributed by atoms with Gasteiger partial charge in [0, 0.05) is 17.0 Å².